The highest BCUT2D eigenvalue weighted by Crippen LogP contribution is 2.11. The summed E-state index contributed by atoms with van der Waals surface area (Å²) in [6.45, 7) is 2.02. The largest absolute Gasteiger partial charge is 0.453 e. The summed E-state index contributed by atoms with van der Waals surface area (Å²) < 4.78 is 19.5. The maximum Gasteiger partial charge on any atom is 0.409 e. The first kappa shape index (κ1) is 23.9. The van der Waals surface area contributed by atoms with E-state index in [4.69, 9.17) is 4.74 Å². The summed E-state index contributed by atoms with van der Waals surface area (Å²) in [5, 5.41) is 11.2. The summed E-state index contributed by atoms with van der Waals surface area (Å²) >= 11 is 0. The van der Waals surface area contributed by atoms with E-state index < -0.39 is 0 Å². The van der Waals surface area contributed by atoms with Crippen LogP contribution >= 0.6 is 24.0 Å². The number of likely N-dealkylation sites (tertiary alicyclic amines) is 1. The molecule has 2 heterocycles. The van der Waals surface area contributed by atoms with E-state index in [1.165, 1.54) is 19.2 Å². The Bertz CT molecular complexity index is 834. The first-order valence-corrected chi connectivity index (χ1v) is 9.69. The van der Waals surface area contributed by atoms with Crippen LogP contribution < -0.4 is 10.6 Å². The zero-order chi connectivity index (χ0) is 20.6. The molecule has 1 fully saturated rings. The number of carbonyl (C=O) groups excluding carboxylic acids is 1. The maximum absolute atomic E-state index is 13.0. The molecule has 8 nitrogen and oxygen atoms in total. The summed E-state index contributed by atoms with van der Waals surface area (Å²) in [7, 11) is 3.14. The Morgan fingerprint density at radius 1 is 1.27 bits per heavy atom. The topological polar surface area (TPSA) is 83.8 Å². The van der Waals surface area contributed by atoms with E-state index in [0.717, 1.165) is 36.6 Å². The Hall–Kier alpha value is -2.37. The van der Waals surface area contributed by atoms with Gasteiger partial charge in [0.15, 0.2) is 5.96 Å². The zero-order valence-corrected chi connectivity index (χ0v) is 19.5. The Kier molecular flexibility index (Phi) is 9.34. The van der Waals surface area contributed by atoms with Gasteiger partial charge in [0, 0.05) is 45.3 Å². The fourth-order valence-corrected chi connectivity index (χ4v) is 3.27. The van der Waals surface area contributed by atoms with Gasteiger partial charge >= 0.3 is 6.09 Å². The van der Waals surface area contributed by atoms with Gasteiger partial charge in [-0.3, -0.25) is 4.99 Å². The number of halogens is 2. The number of benzene rings is 1. The molecule has 3 rings (SSSR count). The van der Waals surface area contributed by atoms with Crippen molar-refractivity contribution in [3.8, 4) is 5.69 Å². The third-order valence-corrected chi connectivity index (χ3v) is 4.90. The Morgan fingerprint density at radius 3 is 2.60 bits per heavy atom. The molecule has 2 N–H and O–H groups in total. The Balaban J connectivity index is 0.00000320. The van der Waals surface area contributed by atoms with Gasteiger partial charge in [0.05, 0.1) is 18.5 Å². The second kappa shape index (κ2) is 11.7. The van der Waals surface area contributed by atoms with Crippen molar-refractivity contribution in [2.45, 2.75) is 25.3 Å². The second-order valence-corrected chi connectivity index (χ2v) is 6.85. The molecule has 2 aromatic rings. The van der Waals surface area contributed by atoms with E-state index in [9.17, 15) is 9.18 Å². The van der Waals surface area contributed by atoms with Gasteiger partial charge in [-0.05, 0) is 43.2 Å². The predicted molar refractivity (Wildman–Crippen MR) is 124 cm³/mol. The molecule has 0 radical (unpaired) electrons. The number of methoxy groups -OCH3 is 1. The quantitative estimate of drug-likeness (QED) is 0.353. The number of hydrogen-bond acceptors (Lipinski definition) is 4. The number of guanidine groups is 1. The molecule has 1 aliphatic rings. The number of amides is 1. The molecular weight excluding hydrogens is 502 g/mol. The zero-order valence-electron chi connectivity index (χ0n) is 17.2. The average molecular weight is 530 g/mol. The summed E-state index contributed by atoms with van der Waals surface area (Å²) in [6.07, 6.45) is 4.02. The molecule has 1 amide bonds. The van der Waals surface area contributed by atoms with Gasteiger partial charge in [0.2, 0.25) is 0 Å². The lowest BCUT2D eigenvalue weighted by molar-refractivity contribution is 0.111. The molecule has 10 heteroatoms. The van der Waals surface area contributed by atoms with Crippen LogP contribution in [0.2, 0.25) is 0 Å². The molecule has 0 spiro atoms. The molecule has 0 bridgehead atoms. The van der Waals surface area contributed by atoms with Crippen LogP contribution in [0.4, 0.5) is 9.18 Å². The number of hydrogen-bond donors (Lipinski definition) is 2. The normalized spacial score (nSPS) is 14.8. The number of ether oxygens (including phenoxy) is 1. The number of piperidine rings is 1. The van der Waals surface area contributed by atoms with Crippen LogP contribution in [0.3, 0.4) is 0 Å². The van der Waals surface area contributed by atoms with E-state index in [-0.39, 0.29) is 41.9 Å². The van der Waals surface area contributed by atoms with Crippen molar-refractivity contribution >= 4 is 36.0 Å². The monoisotopic (exact) mass is 530 g/mol. The van der Waals surface area contributed by atoms with Crippen LogP contribution in [-0.4, -0.2) is 66.6 Å². The Morgan fingerprint density at radius 2 is 1.97 bits per heavy atom. The van der Waals surface area contributed by atoms with Gasteiger partial charge in [-0.2, -0.15) is 5.10 Å². The molecule has 0 unspecified atom stereocenters. The minimum absolute atomic E-state index is 0. The molecule has 1 saturated heterocycles. The van der Waals surface area contributed by atoms with Crippen molar-refractivity contribution in [1.82, 2.24) is 25.3 Å². The summed E-state index contributed by atoms with van der Waals surface area (Å²) in [6, 6.07) is 8.44. The smallest absolute Gasteiger partial charge is 0.409 e. The lowest BCUT2D eigenvalue weighted by Crippen LogP contribution is -2.50. The maximum atomic E-state index is 13.0. The minimum Gasteiger partial charge on any atom is -0.453 e. The average Bonchev–Trinajstić information content (AvgIpc) is 3.22. The summed E-state index contributed by atoms with van der Waals surface area (Å²) in [5.74, 6) is 0.472. The van der Waals surface area contributed by atoms with E-state index in [1.807, 2.05) is 12.3 Å². The molecular formula is C20H28FIN6O2. The van der Waals surface area contributed by atoms with Crippen molar-refractivity contribution in [2.75, 3.05) is 33.8 Å². The summed E-state index contributed by atoms with van der Waals surface area (Å²) in [5.41, 5.74) is 1.75. The van der Waals surface area contributed by atoms with Crippen LogP contribution in [0.5, 0.6) is 0 Å². The lowest BCUT2D eigenvalue weighted by atomic mass is 10.1. The number of rotatable bonds is 5. The van der Waals surface area contributed by atoms with Crippen molar-refractivity contribution in [1.29, 1.82) is 0 Å². The van der Waals surface area contributed by atoms with E-state index >= 15 is 0 Å². The number of aromatic nitrogens is 2. The molecule has 1 aromatic carbocycles. The molecule has 1 aliphatic heterocycles. The van der Waals surface area contributed by atoms with Gasteiger partial charge in [-0.1, -0.05) is 0 Å². The van der Waals surface area contributed by atoms with Crippen molar-refractivity contribution in [3.05, 3.63) is 48.0 Å². The first-order valence-electron chi connectivity index (χ1n) is 9.69. The Labute approximate surface area is 192 Å². The fourth-order valence-electron chi connectivity index (χ4n) is 3.27. The van der Waals surface area contributed by atoms with Gasteiger partial charge in [0.25, 0.3) is 0 Å². The standard InChI is InChI=1S/C20H27FN6O2.HI/c1-22-19(24-16-8-12-26(13-9-16)20(28)29-2)23-11-7-17-10-14-27(25-17)18-5-3-15(21)4-6-18;/h3-6,10,14,16H,7-9,11-13H2,1-2H3,(H2,22,23,24);1H. The van der Waals surface area contributed by atoms with Crippen LogP contribution in [0, 0.1) is 5.82 Å². The molecule has 1 aromatic heterocycles. The molecule has 0 saturated carbocycles. The van der Waals surface area contributed by atoms with Crippen LogP contribution in [0.15, 0.2) is 41.5 Å². The highest BCUT2D eigenvalue weighted by Gasteiger charge is 2.23. The predicted octanol–water partition coefficient (Wildman–Crippen LogP) is 2.57. The van der Waals surface area contributed by atoms with Gasteiger partial charge in [-0.25, -0.2) is 13.9 Å². The molecule has 164 valence electrons. The number of aliphatic imine (C=N–C) groups is 1. The molecule has 0 aliphatic carbocycles. The number of nitrogens with one attached hydrogen (secondary N) is 2. The van der Waals surface area contributed by atoms with E-state index in [0.29, 0.717) is 19.6 Å². The van der Waals surface area contributed by atoms with Crippen molar-refractivity contribution in [3.63, 3.8) is 0 Å². The van der Waals surface area contributed by atoms with Crippen molar-refractivity contribution < 1.29 is 13.9 Å². The third kappa shape index (κ3) is 6.57. The lowest BCUT2D eigenvalue weighted by Gasteiger charge is -2.32. The van der Waals surface area contributed by atoms with E-state index in [2.05, 4.69) is 20.7 Å². The van der Waals surface area contributed by atoms with Gasteiger partial charge in [0.1, 0.15) is 5.82 Å². The highest BCUT2D eigenvalue weighted by atomic mass is 127. The van der Waals surface area contributed by atoms with Crippen molar-refractivity contribution in [2.24, 2.45) is 4.99 Å². The SMILES string of the molecule is CN=C(NCCc1ccn(-c2ccc(F)cc2)n1)NC1CCN(C(=O)OC)CC1.I. The number of carbonyl (C=O) groups is 1. The minimum atomic E-state index is -0.272. The highest BCUT2D eigenvalue weighted by molar-refractivity contribution is 14.0. The summed E-state index contributed by atoms with van der Waals surface area (Å²) in [4.78, 5) is 17.5. The van der Waals surface area contributed by atoms with Crippen LogP contribution in [0.1, 0.15) is 18.5 Å². The number of nitrogens with zero attached hydrogens (tertiary/aromatic N) is 4. The molecule has 0 atom stereocenters. The van der Waals surface area contributed by atoms with Gasteiger partial charge < -0.3 is 20.3 Å². The molecule has 30 heavy (non-hydrogen) atoms. The van der Waals surface area contributed by atoms with Gasteiger partial charge in [-0.15, -0.1) is 24.0 Å². The third-order valence-electron chi connectivity index (χ3n) is 4.90. The first-order chi connectivity index (χ1) is 14.1. The second-order valence-electron chi connectivity index (χ2n) is 6.85. The van der Waals surface area contributed by atoms with Crippen LogP contribution in [0.25, 0.3) is 5.69 Å². The van der Waals surface area contributed by atoms with E-state index in [1.54, 1.807) is 28.8 Å². The van der Waals surface area contributed by atoms with Crippen LogP contribution in [-0.2, 0) is 11.2 Å². The fraction of sp³-hybridized carbons (Fsp3) is 0.450.